The van der Waals surface area contributed by atoms with Gasteiger partial charge in [0, 0.05) is 18.5 Å². The number of amides is 1. The second-order valence-electron chi connectivity index (χ2n) is 5.37. The monoisotopic (exact) mass is 224 g/mol. The van der Waals surface area contributed by atoms with Crippen molar-refractivity contribution in [3.05, 3.63) is 0 Å². The Morgan fingerprint density at radius 3 is 2.50 bits per heavy atom. The zero-order chi connectivity index (χ0) is 11.5. The molecule has 3 N–H and O–H groups in total. The van der Waals surface area contributed by atoms with Gasteiger partial charge in [0.2, 0.25) is 5.91 Å². The summed E-state index contributed by atoms with van der Waals surface area (Å²) in [6.45, 7) is 2.70. The Morgan fingerprint density at radius 2 is 2.00 bits per heavy atom. The van der Waals surface area contributed by atoms with Crippen LogP contribution in [0.4, 0.5) is 0 Å². The second kappa shape index (κ2) is 5.17. The van der Waals surface area contributed by atoms with E-state index in [0.29, 0.717) is 24.3 Å². The molecule has 3 unspecified atom stereocenters. The molecule has 2 rings (SSSR count). The normalized spacial score (nSPS) is 34.0. The number of nitrogens with two attached hydrogens (primary N) is 1. The molecule has 0 radical (unpaired) electrons. The van der Waals surface area contributed by atoms with Gasteiger partial charge in [-0.1, -0.05) is 26.2 Å². The lowest BCUT2D eigenvalue weighted by atomic mass is 10.0. The average molecular weight is 224 g/mol. The van der Waals surface area contributed by atoms with Crippen molar-refractivity contribution in [1.29, 1.82) is 0 Å². The number of carbonyl (C=O) groups is 1. The van der Waals surface area contributed by atoms with Gasteiger partial charge in [0.15, 0.2) is 0 Å². The molecule has 1 amide bonds. The smallest absolute Gasteiger partial charge is 0.223 e. The van der Waals surface area contributed by atoms with E-state index >= 15 is 0 Å². The second-order valence-corrected chi connectivity index (χ2v) is 5.37. The maximum absolute atomic E-state index is 12.0. The highest BCUT2D eigenvalue weighted by molar-refractivity contribution is 5.82. The molecule has 0 aromatic rings. The molecular weight excluding hydrogens is 200 g/mol. The lowest BCUT2D eigenvalue weighted by Crippen LogP contribution is -2.41. The van der Waals surface area contributed by atoms with Crippen molar-refractivity contribution >= 4 is 5.91 Å². The minimum atomic E-state index is 0.195. The van der Waals surface area contributed by atoms with E-state index in [9.17, 15) is 4.79 Å². The molecule has 0 spiro atoms. The summed E-state index contributed by atoms with van der Waals surface area (Å²) in [5, 5.41) is 3.12. The van der Waals surface area contributed by atoms with Gasteiger partial charge in [-0.25, -0.2) is 0 Å². The highest BCUT2D eigenvalue weighted by Crippen LogP contribution is 2.55. The first-order valence-electron chi connectivity index (χ1n) is 6.78. The quantitative estimate of drug-likeness (QED) is 0.746. The molecule has 2 saturated carbocycles. The molecule has 0 heterocycles. The Kier molecular flexibility index (Phi) is 3.85. The number of rotatable bonds is 5. The highest BCUT2D eigenvalue weighted by atomic mass is 16.2. The van der Waals surface area contributed by atoms with Crippen LogP contribution in [0.15, 0.2) is 0 Å². The summed E-state index contributed by atoms with van der Waals surface area (Å²) in [5.74, 6) is 2.01. The molecule has 16 heavy (non-hydrogen) atoms. The van der Waals surface area contributed by atoms with Crippen LogP contribution in [0.5, 0.6) is 0 Å². The first kappa shape index (κ1) is 11.9. The van der Waals surface area contributed by atoms with E-state index in [1.54, 1.807) is 0 Å². The van der Waals surface area contributed by atoms with Crippen LogP contribution in [0, 0.1) is 17.8 Å². The van der Waals surface area contributed by atoms with Gasteiger partial charge in [-0.2, -0.15) is 0 Å². The van der Waals surface area contributed by atoms with E-state index in [1.807, 2.05) is 0 Å². The van der Waals surface area contributed by atoms with Gasteiger partial charge in [0.25, 0.3) is 0 Å². The lowest BCUT2D eigenvalue weighted by Gasteiger charge is -2.15. The van der Waals surface area contributed by atoms with E-state index in [1.165, 1.54) is 25.7 Å². The van der Waals surface area contributed by atoms with Gasteiger partial charge < -0.3 is 11.1 Å². The zero-order valence-corrected chi connectivity index (χ0v) is 10.2. The summed E-state index contributed by atoms with van der Waals surface area (Å²) in [5.41, 5.74) is 5.66. The summed E-state index contributed by atoms with van der Waals surface area (Å²) in [6, 6.07) is 0.195. The van der Waals surface area contributed by atoms with Crippen LogP contribution in [0.2, 0.25) is 0 Å². The Morgan fingerprint density at radius 1 is 1.38 bits per heavy atom. The zero-order valence-electron chi connectivity index (χ0n) is 10.2. The highest BCUT2D eigenvalue weighted by Gasteiger charge is 2.54. The molecule has 3 nitrogen and oxygen atoms in total. The SMILES string of the molecule is CCCC(CN)NC(=O)C1C2CCCCC21. The third-order valence-electron chi connectivity index (χ3n) is 4.23. The molecule has 2 fully saturated rings. The predicted octanol–water partition coefficient (Wildman–Crippen LogP) is 1.67. The maximum Gasteiger partial charge on any atom is 0.223 e. The van der Waals surface area contributed by atoms with Gasteiger partial charge in [-0.05, 0) is 31.1 Å². The Hall–Kier alpha value is -0.570. The fraction of sp³-hybridized carbons (Fsp3) is 0.923. The van der Waals surface area contributed by atoms with Gasteiger partial charge >= 0.3 is 0 Å². The van der Waals surface area contributed by atoms with Crippen molar-refractivity contribution in [2.45, 2.75) is 51.5 Å². The first-order valence-corrected chi connectivity index (χ1v) is 6.78. The van der Waals surface area contributed by atoms with Crippen LogP contribution in [0.3, 0.4) is 0 Å². The molecule has 0 aromatic carbocycles. The van der Waals surface area contributed by atoms with Crippen molar-refractivity contribution in [3.8, 4) is 0 Å². The van der Waals surface area contributed by atoms with Crippen molar-refractivity contribution in [3.63, 3.8) is 0 Å². The Labute approximate surface area is 98.2 Å². The van der Waals surface area contributed by atoms with Crippen LogP contribution in [-0.2, 0) is 4.79 Å². The molecule has 3 atom stereocenters. The molecule has 0 aliphatic heterocycles. The summed E-state index contributed by atoms with van der Waals surface area (Å²) < 4.78 is 0. The standard InChI is InChI=1S/C13H24N2O/c1-2-5-9(8-14)15-13(16)12-10-6-3-4-7-11(10)12/h9-12H,2-8,14H2,1H3,(H,15,16). The van der Waals surface area contributed by atoms with Gasteiger partial charge in [-0.15, -0.1) is 0 Å². The number of nitrogens with one attached hydrogen (secondary N) is 1. The van der Waals surface area contributed by atoms with Crippen LogP contribution in [0.1, 0.15) is 45.4 Å². The molecular formula is C13H24N2O. The van der Waals surface area contributed by atoms with Crippen LogP contribution < -0.4 is 11.1 Å². The van der Waals surface area contributed by atoms with Crippen LogP contribution in [-0.4, -0.2) is 18.5 Å². The number of fused-ring (bicyclic) bond motifs is 1. The number of hydrogen-bond donors (Lipinski definition) is 2. The maximum atomic E-state index is 12.0. The number of hydrogen-bond acceptors (Lipinski definition) is 2. The molecule has 0 saturated heterocycles. The van der Waals surface area contributed by atoms with E-state index in [-0.39, 0.29) is 11.9 Å². The van der Waals surface area contributed by atoms with E-state index in [0.717, 1.165) is 12.8 Å². The summed E-state index contributed by atoms with van der Waals surface area (Å²) in [6.07, 6.45) is 7.26. The van der Waals surface area contributed by atoms with Gasteiger partial charge in [0.1, 0.15) is 0 Å². The Balaban J connectivity index is 1.80. The minimum Gasteiger partial charge on any atom is -0.352 e. The van der Waals surface area contributed by atoms with E-state index < -0.39 is 0 Å². The van der Waals surface area contributed by atoms with Gasteiger partial charge in [-0.3, -0.25) is 4.79 Å². The summed E-state index contributed by atoms with van der Waals surface area (Å²) in [7, 11) is 0. The number of carbonyl (C=O) groups excluding carboxylic acids is 1. The Bertz CT molecular complexity index is 242. The van der Waals surface area contributed by atoms with E-state index in [2.05, 4.69) is 12.2 Å². The summed E-state index contributed by atoms with van der Waals surface area (Å²) in [4.78, 5) is 12.0. The third kappa shape index (κ3) is 2.40. The topological polar surface area (TPSA) is 55.1 Å². The molecule has 2 aliphatic rings. The predicted molar refractivity (Wildman–Crippen MR) is 64.8 cm³/mol. The van der Waals surface area contributed by atoms with Gasteiger partial charge in [0.05, 0.1) is 0 Å². The lowest BCUT2D eigenvalue weighted by molar-refractivity contribution is -0.123. The molecule has 3 heteroatoms. The fourth-order valence-corrected chi connectivity index (χ4v) is 3.28. The van der Waals surface area contributed by atoms with Crippen LogP contribution in [0.25, 0.3) is 0 Å². The minimum absolute atomic E-state index is 0.195. The van der Waals surface area contributed by atoms with Crippen molar-refractivity contribution in [2.75, 3.05) is 6.54 Å². The molecule has 0 bridgehead atoms. The molecule has 2 aliphatic carbocycles. The average Bonchev–Trinajstić information content (AvgIpc) is 3.02. The third-order valence-corrected chi connectivity index (χ3v) is 4.23. The van der Waals surface area contributed by atoms with E-state index in [4.69, 9.17) is 5.73 Å². The van der Waals surface area contributed by atoms with Crippen molar-refractivity contribution in [2.24, 2.45) is 23.5 Å². The fourth-order valence-electron chi connectivity index (χ4n) is 3.28. The molecule has 92 valence electrons. The van der Waals surface area contributed by atoms with Crippen molar-refractivity contribution in [1.82, 2.24) is 5.32 Å². The summed E-state index contributed by atoms with van der Waals surface area (Å²) >= 11 is 0. The van der Waals surface area contributed by atoms with Crippen LogP contribution >= 0.6 is 0 Å². The molecule has 0 aromatic heterocycles. The van der Waals surface area contributed by atoms with Crippen molar-refractivity contribution < 1.29 is 4.79 Å². The largest absolute Gasteiger partial charge is 0.352 e. The first-order chi connectivity index (χ1) is 7.77.